The Labute approximate surface area is 97.3 Å². The van der Waals surface area contributed by atoms with Gasteiger partial charge in [-0.15, -0.1) is 0 Å². The van der Waals surface area contributed by atoms with Gasteiger partial charge in [-0.05, 0) is 6.92 Å². The number of imidazole rings is 1. The molecule has 4 heteroatoms. The maximum Gasteiger partial charge on any atom is 0.157 e. The Morgan fingerprint density at radius 3 is 2.38 bits per heavy atom. The van der Waals surface area contributed by atoms with Crippen LogP contribution in [0.1, 0.15) is 33.4 Å². The molecule has 0 saturated carbocycles. The van der Waals surface area contributed by atoms with Gasteiger partial charge in [0.2, 0.25) is 0 Å². The number of nitrogens with zero attached hydrogens (tertiary/aromatic N) is 3. The molecule has 0 radical (unpaired) electrons. The third-order valence-corrected chi connectivity index (χ3v) is 1.65. The molecule has 0 unspecified atom stereocenters. The molecule has 4 nitrogen and oxygen atoms in total. The predicted octanol–water partition coefficient (Wildman–Crippen LogP) is 3.10. The zero-order valence-electron chi connectivity index (χ0n) is 11.0. The summed E-state index contributed by atoms with van der Waals surface area (Å²) in [7, 11) is 1.61. The monoisotopic (exact) mass is 223 g/mol. The van der Waals surface area contributed by atoms with Crippen molar-refractivity contribution in [2.24, 2.45) is 0 Å². The molecular formula is C12H21N3O. The molecule has 0 aliphatic rings. The van der Waals surface area contributed by atoms with Gasteiger partial charge in [0.05, 0.1) is 25.2 Å². The summed E-state index contributed by atoms with van der Waals surface area (Å²) in [4.78, 5) is 4.24. The lowest BCUT2D eigenvalue weighted by Gasteiger charge is -1.97. The van der Waals surface area contributed by atoms with Gasteiger partial charge in [-0.2, -0.15) is 5.10 Å². The Morgan fingerprint density at radius 1 is 1.19 bits per heavy atom. The van der Waals surface area contributed by atoms with Gasteiger partial charge in [-0.1, -0.05) is 27.7 Å². The Balaban J connectivity index is 0.000000509. The van der Waals surface area contributed by atoms with Crippen LogP contribution in [0.5, 0.6) is 5.75 Å². The molecule has 0 atom stereocenters. The molecule has 0 aliphatic carbocycles. The van der Waals surface area contributed by atoms with Crippen molar-refractivity contribution in [2.45, 2.75) is 34.6 Å². The SMILES string of the molecule is CC.CC.COc1cnn2cc(C)nc2c1. The lowest BCUT2D eigenvalue weighted by Crippen LogP contribution is -1.91. The summed E-state index contributed by atoms with van der Waals surface area (Å²) >= 11 is 0. The molecule has 0 bridgehead atoms. The first-order valence-electron chi connectivity index (χ1n) is 5.65. The van der Waals surface area contributed by atoms with E-state index >= 15 is 0 Å². The number of fused-ring (bicyclic) bond motifs is 1. The van der Waals surface area contributed by atoms with Crippen LogP contribution in [-0.2, 0) is 0 Å². The third-order valence-electron chi connectivity index (χ3n) is 1.65. The molecular weight excluding hydrogens is 202 g/mol. The number of hydrogen-bond donors (Lipinski definition) is 0. The summed E-state index contributed by atoms with van der Waals surface area (Å²) in [5.41, 5.74) is 1.77. The topological polar surface area (TPSA) is 39.4 Å². The second-order valence-corrected chi connectivity index (χ2v) is 2.58. The largest absolute Gasteiger partial charge is 0.495 e. The van der Waals surface area contributed by atoms with Crippen LogP contribution < -0.4 is 4.74 Å². The van der Waals surface area contributed by atoms with Crippen molar-refractivity contribution >= 4 is 5.65 Å². The van der Waals surface area contributed by atoms with Crippen molar-refractivity contribution in [3.8, 4) is 5.75 Å². The van der Waals surface area contributed by atoms with E-state index in [1.807, 2.05) is 46.9 Å². The Kier molecular flexibility index (Phi) is 6.92. The molecule has 2 rings (SSSR count). The molecule has 0 saturated heterocycles. The second kappa shape index (κ2) is 7.68. The lowest BCUT2D eigenvalue weighted by molar-refractivity contribution is 0.411. The Morgan fingerprint density at radius 2 is 1.81 bits per heavy atom. The molecule has 0 aliphatic heterocycles. The van der Waals surface area contributed by atoms with Crippen molar-refractivity contribution in [1.29, 1.82) is 0 Å². The van der Waals surface area contributed by atoms with Crippen LogP contribution in [0.3, 0.4) is 0 Å². The van der Waals surface area contributed by atoms with Crippen LogP contribution in [0.4, 0.5) is 0 Å². The standard InChI is InChI=1S/C8H9N3O.2C2H6/c1-6-5-11-8(10-6)3-7(12-2)4-9-11;2*1-2/h3-5H,1-2H3;2*1-2H3. The number of aryl methyl sites for hydroxylation is 1. The zero-order valence-corrected chi connectivity index (χ0v) is 11.0. The molecule has 90 valence electrons. The molecule has 2 heterocycles. The summed E-state index contributed by atoms with van der Waals surface area (Å²) in [6, 6.07) is 1.85. The van der Waals surface area contributed by atoms with Crippen LogP contribution in [0.15, 0.2) is 18.5 Å². The summed E-state index contributed by atoms with van der Waals surface area (Å²) < 4.78 is 6.74. The van der Waals surface area contributed by atoms with E-state index in [0.717, 1.165) is 17.1 Å². The minimum absolute atomic E-state index is 0.730. The first-order chi connectivity index (χ1) is 7.79. The molecule has 0 N–H and O–H groups in total. The van der Waals surface area contributed by atoms with Gasteiger partial charge in [0.1, 0.15) is 5.75 Å². The van der Waals surface area contributed by atoms with E-state index in [1.165, 1.54) is 0 Å². The first-order valence-corrected chi connectivity index (χ1v) is 5.65. The van der Waals surface area contributed by atoms with Crippen LogP contribution >= 0.6 is 0 Å². The molecule has 0 aromatic carbocycles. The van der Waals surface area contributed by atoms with Crippen LogP contribution in [-0.4, -0.2) is 21.7 Å². The van der Waals surface area contributed by atoms with Gasteiger partial charge < -0.3 is 4.74 Å². The maximum atomic E-state index is 5.02. The van der Waals surface area contributed by atoms with Crippen molar-refractivity contribution < 1.29 is 4.74 Å². The summed E-state index contributed by atoms with van der Waals surface area (Å²) in [5.74, 6) is 0.730. The van der Waals surface area contributed by atoms with Gasteiger partial charge in [-0.25, -0.2) is 9.50 Å². The molecule has 0 spiro atoms. The molecule has 0 amide bonds. The van der Waals surface area contributed by atoms with Crippen molar-refractivity contribution in [1.82, 2.24) is 14.6 Å². The Hall–Kier alpha value is -1.58. The predicted molar refractivity (Wildman–Crippen MR) is 67.0 cm³/mol. The van der Waals surface area contributed by atoms with Gasteiger partial charge in [0, 0.05) is 6.07 Å². The average Bonchev–Trinajstić information content (AvgIpc) is 2.73. The van der Waals surface area contributed by atoms with Gasteiger partial charge in [-0.3, -0.25) is 0 Å². The van der Waals surface area contributed by atoms with Crippen molar-refractivity contribution in [2.75, 3.05) is 7.11 Å². The molecule has 0 fully saturated rings. The van der Waals surface area contributed by atoms with Gasteiger partial charge >= 0.3 is 0 Å². The van der Waals surface area contributed by atoms with Crippen LogP contribution in [0, 0.1) is 6.92 Å². The molecule has 2 aromatic heterocycles. The summed E-state index contributed by atoms with van der Waals surface area (Å²) in [6.07, 6.45) is 3.53. The smallest absolute Gasteiger partial charge is 0.157 e. The summed E-state index contributed by atoms with van der Waals surface area (Å²) in [5, 5.41) is 4.10. The highest BCUT2D eigenvalue weighted by molar-refractivity contribution is 5.42. The fourth-order valence-electron chi connectivity index (χ4n) is 1.09. The Bertz CT molecular complexity index is 410. The maximum absolute atomic E-state index is 5.02. The van der Waals surface area contributed by atoms with Crippen LogP contribution in [0.25, 0.3) is 5.65 Å². The number of aromatic nitrogens is 3. The van der Waals surface area contributed by atoms with Crippen LogP contribution in [0.2, 0.25) is 0 Å². The minimum Gasteiger partial charge on any atom is -0.495 e. The highest BCUT2D eigenvalue weighted by Crippen LogP contribution is 2.10. The second-order valence-electron chi connectivity index (χ2n) is 2.58. The number of rotatable bonds is 1. The summed E-state index contributed by atoms with van der Waals surface area (Å²) in [6.45, 7) is 9.93. The molecule has 2 aromatic rings. The van der Waals surface area contributed by atoms with E-state index in [9.17, 15) is 0 Å². The first kappa shape index (κ1) is 14.4. The fraction of sp³-hybridized carbons (Fsp3) is 0.500. The number of methoxy groups -OCH3 is 1. The van der Waals surface area contributed by atoms with E-state index in [-0.39, 0.29) is 0 Å². The number of hydrogen-bond acceptors (Lipinski definition) is 3. The highest BCUT2D eigenvalue weighted by Gasteiger charge is 1.99. The van der Waals surface area contributed by atoms with Gasteiger partial charge in [0.15, 0.2) is 5.65 Å². The van der Waals surface area contributed by atoms with E-state index in [2.05, 4.69) is 10.1 Å². The van der Waals surface area contributed by atoms with E-state index in [0.29, 0.717) is 0 Å². The molecule has 16 heavy (non-hydrogen) atoms. The fourth-order valence-corrected chi connectivity index (χ4v) is 1.09. The van der Waals surface area contributed by atoms with E-state index in [4.69, 9.17) is 4.74 Å². The zero-order chi connectivity index (χ0) is 12.6. The highest BCUT2D eigenvalue weighted by atomic mass is 16.5. The minimum atomic E-state index is 0.730. The van der Waals surface area contributed by atoms with Crippen molar-refractivity contribution in [3.05, 3.63) is 24.2 Å². The van der Waals surface area contributed by atoms with Crippen molar-refractivity contribution in [3.63, 3.8) is 0 Å². The normalized spacial score (nSPS) is 8.62. The van der Waals surface area contributed by atoms with E-state index in [1.54, 1.807) is 17.8 Å². The van der Waals surface area contributed by atoms with E-state index < -0.39 is 0 Å². The quantitative estimate of drug-likeness (QED) is 0.745. The third kappa shape index (κ3) is 3.53. The average molecular weight is 223 g/mol. The number of ether oxygens (including phenoxy) is 1. The lowest BCUT2D eigenvalue weighted by atomic mass is 10.5. The van der Waals surface area contributed by atoms with Gasteiger partial charge in [0.25, 0.3) is 0 Å².